The van der Waals surface area contributed by atoms with Gasteiger partial charge in [-0.2, -0.15) is 0 Å². The van der Waals surface area contributed by atoms with Gasteiger partial charge in [0.2, 0.25) is 5.91 Å². The van der Waals surface area contributed by atoms with Crippen LogP contribution >= 0.6 is 11.6 Å². The molecule has 3 saturated carbocycles. The molecule has 0 spiro atoms. The number of rotatable bonds is 8. The fourth-order valence-corrected chi connectivity index (χ4v) is 4.83. The van der Waals surface area contributed by atoms with E-state index in [1.54, 1.807) is 0 Å². The number of amides is 2. The summed E-state index contributed by atoms with van der Waals surface area (Å²) in [6.45, 7) is 3.24. The summed E-state index contributed by atoms with van der Waals surface area (Å²) >= 11 is 5.64. The van der Waals surface area contributed by atoms with Crippen LogP contribution in [0.15, 0.2) is 18.2 Å². The summed E-state index contributed by atoms with van der Waals surface area (Å²) in [5.74, 6) is -0.243. The first-order chi connectivity index (χ1) is 13.9. The minimum atomic E-state index is -0.588. The zero-order valence-electron chi connectivity index (χ0n) is 16.2. The van der Waals surface area contributed by atoms with E-state index < -0.39 is 5.82 Å². The van der Waals surface area contributed by atoms with Gasteiger partial charge in [0.05, 0.1) is 5.02 Å². The first kappa shape index (κ1) is 20.4. The summed E-state index contributed by atoms with van der Waals surface area (Å²) in [7, 11) is 0. The second-order valence-corrected chi connectivity index (χ2v) is 8.62. The first-order valence-corrected chi connectivity index (χ1v) is 10.5. The molecule has 0 aromatic heterocycles. The molecule has 4 fully saturated rings. The number of carbonyl (C=O) groups excluding carboxylic acids is 2. The Morgan fingerprint density at radius 2 is 2.17 bits per heavy atom. The lowest BCUT2D eigenvalue weighted by Crippen LogP contribution is -2.53. The molecule has 3 N–H and O–H groups in total. The summed E-state index contributed by atoms with van der Waals surface area (Å²) < 4.78 is 18.8. The number of benzene rings is 1. The molecule has 1 aromatic carbocycles. The fourth-order valence-electron chi connectivity index (χ4n) is 4.71. The largest absolute Gasteiger partial charge is 0.484 e. The maximum atomic E-state index is 13.4. The van der Waals surface area contributed by atoms with Crippen LogP contribution in [-0.4, -0.2) is 55.1 Å². The number of fused-ring (bicyclic) bond motifs is 1. The third-order valence-electron chi connectivity index (χ3n) is 6.11. The second kappa shape index (κ2) is 8.45. The Morgan fingerprint density at radius 3 is 2.90 bits per heavy atom. The molecule has 9 heteroatoms. The highest BCUT2D eigenvalue weighted by atomic mass is 35.5. The standard InChI is InChI=1S/C20H26ClFN4O3/c21-16-3-2-14(8-17(16)22)29-12-18(27)25-20-9-13(10-20)15(11-20)19(28)23-5-7-26-6-1-4-24-26/h2-3,8,13,15,24H,1,4-7,9-12H2,(H,23,28)(H,25,27)/t13?,15-,20?/m0/s1. The summed E-state index contributed by atoms with van der Waals surface area (Å²) in [6.07, 6.45) is 3.43. The Kier molecular flexibility index (Phi) is 5.94. The van der Waals surface area contributed by atoms with Crippen molar-refractivity contribution in [2.45, 2.75) is 31.2 Å². The average molecular weight is 425 g/mol. The maximum Gasteiger partial charge on any atom is 0.258 e. The van der Waals surface area contributed by atoms with Crippen molar-refractivity contribution in [3.8, 4) is 5.75 Å². The number of ether oxygens (including phenoxy) is 1. The van der Waals surface area contributed by atoms with Crippen molar-refractivity contribution < 1.29 is 18.7 Å². The monoisotopic (exact) mass is 424 g/mol. The van der Waals surface area contributed by atoms with Gasteiger partial charge in [0.15, 0.2) is 6.61 Å². The Labute approximate surface area is 174 Å². The van der Waals surface area contributed by atoms with Gasteiger partial charge < -0.3 is 15.4 Å². The van der Waals surface area contributed by atoms with Crippen LogP contribution in [0.5, 0.6) is 5.75 Å². The van der Waals surface area contributed by atoms with E-state index in [4.69, 9.17) is 16.3 Å². The molecule has 1 atom stereocenters. The minimum absolute atomic E-state index is 0.00756. The molecule has 3 aliphatic carbocycles. The zero-order valence-corrected chi connectivity index (χ0v) is 16.9. The van der Waals surface area contributed by atoms with Crippen molar-refractivity contribution in [3.05, 3.63) is 29.0 Å². The van der Waals surface area contributed by atoms with Crippen LogP contribution in [0.25, 0.3) is 0 Å². The average Bonchev–Trinajstić information content (AvgIpc) is 3.38. The van der Waals surface area contributed by atoms with Gasteiger partial charge in [0, 0.05) is 43.7 Å². The van der Waals surface area contributed by atoms with Crippen LogP contribution in [0.1, 0.15) is 25.7 Å². The van der Waals surface area contributed by atoms with E-state index in [1.165, 1.54) is 12.1 Å². The van der Waals surface area contributed by atoms with Crippen LogP contribution < -0.4 is 20.8 Å². The highest BCUT2D eigenvalue weighted by molar-refractivity contribution is 6.30. The van der Waals surface area contributed by atoms with E-state index in [1.807, 2.05) is 0 Å². The van der Waals surface area contributed by atoms with Crippen molar-refractivity contribution in [2.24, 2.45) is 11.8 Å². The minimum Gasteiger partial charge on any atom is -0.484 e. The topological polar surface area (TPSA) is 82.7 Å². The van der Waals surface area contributed by atoms with Crippen LogP contribution in [-0.2, 0) is 9.59 Å². The predicted octanol–water partition coefficient (Wildman–Crippen LogP) is 1.47. The number of hydrogen-bond donors (Lipinski definition) is 3. The summed E-state index contributed by atoms with van der Waals surface area (Å²) in [5.41, 5.74) is 2.96. The van der Waals surface area contributed by atoms with Gasteiger partial charge in [-0.1, -0.05) is 11.6 Å². The molecule has 1 saturated heterocycles. The zero-order chi connectivity index (χ0) is 20.4. The lowest BCUT2D eigenvalue weighted by molar-refractivity contribution is -0.126. The lowest BCUT2D eigenvalue weighted by Gasteiger charge is -2.39. The Balaban J connectivity index is 1.19. The summed E-state index contributed by atoms with van der Waals surface area (Å²) in [4.78, 5) is 24.8. The van der Waals surface area contributed by atoms with Crippen molar-refractivity contribution in [1.82, 2.24) is 21.1 Å². The van der Waals surface area contributed by atoms with Crippen LogP contribution in [0, 0.1) is 17.7 Å². The molecule has 2 amide bonds. The molecule has 1 aliphatic heterocycles. The normalized spacial score (nSPS) is 28.1. The maximum absolute atomic E-state index is 13.4. The van der Waals surface area contributed by atoms with Gasteiger partial charge in [-0.3, -0.25) is 15.0 Å². The summed E-state index contributed by atoms with van der Waals surface area (Å²) in [5, 5.41) is 8.19. The number of halogens is 2. The molecule has 29 heavy (non-hydrogen) atoms. The summed E-state index contributed by atoms with van der Waals surface area (Å²) in [6, 6.07) is 4.06. The molecule has 2 bridgehead atoms. The van der Waals surface area contributed by atoms with Crippen molar-refractivity contribution in [3.63, 3.8) is 0 Å². The molecule has 158 valence electrons. The number of hydrazine groups is 1. The Hall–Kier alpha value is -1.90. The Bertz CT molecular complexity index is 781. The smallest absolute Gasteiger partial charge is 0.258 e. The number of carbonyl (C=O) groups is 2. The molecule has 0 unspecified atom stereocenters. The highest BCUT2D eigenvalue weighted by Crippen LogP contribution is 2.55. The van der Waals surface area contributed by atoms with Gasteiger partial charge in [-0.15, -0.1) is 0 Å². The first-order valence-electron chi connectivity index (χ1n) is 10.1. The second-order valence-electron chi connectivity index (χ2n) is 8.21. The highest BCUT2D eigenvalue weighted by Gasteiger charge is 2.58. The SMILES string of the molecule is O=C(COc1ccc(Cl)c(F)c1)NC12CC(C1)[C@@H](C(=O)NCCN1CCCN1)C2. The van der Waals surface area contributed by atoms with Crippen molar-refractivity contribution in [2.75, 3.05) is 32.8 Å². The fraction of sp³-hybridized carbons (Fsp3) is 0.600. The molecular weight excluding hydrogens is 399 g/mol. The third-order valence-corrected chi connectivity index (χ3v) is 6.42. The van der Waals surface area contributed by atoms with Crippen molar-refractivity contribution in [1.29, 1.82) is 0 Å². The van der Waals surface area contributed by atoms with E-state index in [9.17, 15) is 14.0 Å². The van der Waals surface area contributed by atoms with Gasteiger partial charge in [0.25, 0.3) is 5.91 Å². The van der Waals surface area contributed by atoms with Crippen LogP contribution in [0.4, 0.5) is 4.39 Å². The third kappa shape index (κ3) is 4.65. The number of hydrogen-bond acceptors (Lipinski definition) is 5. The number of nitrogens with zero attached hydrogens (tertiary/aromatic N) is 1. The van der Waals surface area contributed by atoms with E-state index in [0.717, 1.165) is 45.0 Å². The van der Waals surface area contributed by atoms with Gasteiger partial charge in [0.1, 0.15) is 11.6 Å². The van der Waals surface area contributed by atoms with Gasteiger partial charge >= 0.3 is 0 Å². The van der Waals surface area contributed by atoms with E-state index in [0.29, 0.717) is 18.9 Å². The van der Waals surface area contributed by atoms with Gasteiger partial charge in [-0.05, 0) is 43.7 Å². The quantitative estimate of drug-likeness (QED) is 0.588. The van der Waals surface area contributed by atoms with Crippen LogP contribution in [0.2, 0.25) is 5.02 Å². The van der Waals surface area contributed by atoms with E-state index >= 15 is 0 Å². The van der Waals surface area contributed by atoms with Crippen LogP contribution in [0.3, 0.4) is 0 Å². The van der Waals surface area contributed by atoms with E-state index in [2.05, 4.69) is 21.1 Å². The molecule has 4 aliphatic rings. The molecule has 0 radical (unpaired) electrons. The molecule has 7 nitrogen and oxygen atoms in total. The Morgan fingerprint density at radius 1 is 1.34 bits per heavy atom. The predicted molar refractivity (Wildman–Crippen MR) is 106 cm³/mol. The molecule has 1 heterocycles. The lowest BCUT2D eigenvalue weighted by atomic mass is 9.76. The molecular formula is C20H26ClFN4O3. The van der Waals surface area contributed by atoms with Crippen molar-refractivity contribution >= 4 is 23.4 Å². The molecule has 1 aromatic rings. The van der Waals surface area contributed by atoms with E-state index in [-0.39, 0.29) is 40.7 Å². The molecule has 5 rings (SSSR count). The number of nitrogens with one attached hydrogen (secondary N) is 3. The van der Waals surface area contributed by atoms with Gasteiger partial charge in [-0.25, -0.2) is 9.40 Å².